The summed E-state index contributed by atoms with van der Waals surface area (Å²) in [5, 5.41) is 6.49. The third-order valence-corrected chi connectivity index (χ3v) is 3.61. The Balaban J connectivity index is 0.000000956. The van der Waals surface area contributed by atoms with E-state index in [2.05, 4.69) is 40.3 Å². The maximum absolute atomic E-state index is 11.7. The zero-order valence-electron chi connectivity index (χ0n) is 12.3. The Morgan fingerprint density at radius 2 is 1.90 bits per heavy atom. The maximum atomic E-state index is 11.7. The maximum Gasteiger partial charge on any atom is 0.145 e. The highest BCUT2D eigenvalue weighted by molar-refractivity contribution is 7.79. The van der Waals surface area contributed by atoms with Gasteiger partial charge < -0.3 is 20.3 Å². The Morgan fingerprint density at radius 3 is 2.40 bits per heavy atom. The molecule has 0 unspecified atom stereocenters. The van der Waals surface area contributed by atoms with Crippen LogP contribution in [-0.2, 0) is 4.79 Å². The quantitative estimate of drug-likeness (QED) is 0.438. The molecule has 5 heteroatoms. The Bertz CT molecular complexity index is 380. The lowest BCUT2D eigenvalue weighted by Gasteiger charge is -2.44. The van der Waals surface area contributed by atoms with E-state index in [0.717, 1.165) is 37.9 Å². The van der Waals surface area contributed by atoms with E-state index in [1.807, 2.05) is 25.2 Å². The van der Waals surface area contributed by atoms with E-state index < -0.39 is 0 Å². The van der Waals surface area contributed by atoms with Crippen molar-refractivity contribution in [1.82, 2.24) is 10.6 Å². The standard InChI is InChI=1S/C14H21N3O.CH4S/c1-15-12-17(13-5-3-2-4-6-13)14(11-18)7-9-16-10-8-14;1-2/h2-6,11,15-16H,7-10,12H2,1H3;2H,1H3. The van der Waals surface area contributed by atoms with Crippen LogP contribution in [0, 0.1) is 0 Å². The molecule has 1 saturated heterocycles. The molecule has 1 aromatic carbocycles. The van der Waals surface area contributed by atoms with Crippen molar-refractivity contribution in [2.45, 2.75) is 18.4 Å². The molecule has 0 radical (unpaired) electrons. The van der Waals surface area contributed by atoms with Gasteiger partial charge in [-0.25, -0.2) is 0 Å². The lowest BCUT2D eigenvalue weighted by Crippen LogP contribution is -2.58. The molecule has 20 heavy (non-hydrogen) atoms. The van der Waals surface area contributed by atoms with Crippen LogP contribution in [0.4, 0.5) is 5.69 Å². The van der Waals surface area contributed by atoms with Gasteiger partial charge >= 0.3 is 0 Å². The molecular weight excluding hydrogens is 270 g/mol. The molecule has 1 aliphatic heterocycles. The Morgan fingerprint density at radius 1 is 1.30 bits per heavy atom. The largest absolute Gasteiger partial charge is 0.346 e. The molecule has 1 fully saturated rings. The lowest BCUT2D eigenvalue weighted by atomic mass is 9.87. The van der Waals surface area contributed by atoms with Gasteiger partial charge in [0.25, 0.3) is 0 Å². The first-order chi connectivity index (χ1) is 9.82. The van der Waals surface area contributed by atoms with Crippen LogP contribution in [0.1, 0.15) is 12.8 Å². The van der Waals surface area contributed by atoms with Gasteiger partial charge in [-0.15, -0.1) is 0 Å². The lowest BCUT2D eigenvalue weighted by molar-refractivity contribution is -0.113. The second kappa shape index (κ2) is 9.00. The van der Waals surface area contributed by atoms with E-state index in [-0.39, 0.29) is 5.54 Å². The van der Waals surface area contributed by atoms with Gasteiger partial charge in [0.15, 0.2) is 0 Å². The van der Waals surface area contributed by atoms with Crippen molar-refractivity contribution in [3.63, 3.8) is 0 Å². The van der Waals surface area contributed by atoms with Gasteiger partial charge in [-0.1, -0.05) is 18.2 Å². The zero-order valence-corrected chi connectivity index (χ0v) is 13.2. The van der Waals surface area contributed by atoms with E-state index in [1.54, 1.807) is 6.26 Å². The summed E-state index contributed by atoms with van der Waals surface area (Å²) < 4.78 is 0. The average molecular weight is 295 g/mol. The SMILES string of the molecule is CNCN(c1ccccc1)C1(C=O)CCNCC1.CS. The Hall–Kier alpha value is -1.04. The van der Waals surface area contributed by atoms with Crippen molar-refractivity contribution in [3.05, 3.63) is 30.3 Å². The molecule has 0 aliphatic carbocycles. The first-order valence-electron chi connectivity index (χ1n) is 6.91. The number of rotatable bonds is 5. The molecule has 112 valence electrons. The minimum atomic E-state index is -0.379. The molecular formula is C15H25N3OS. The molecule has 2 N–H and O–H groups in total. The number of carbonyl (C=O) groups is 1. The van der Waals surface area contributed by atoms with Crippen LogP contribution in [-0.4, -0.2) is 44.9 Å². The molecule has 0 spiro atoms. The number of thiol groups is 1. The third-order valence-electron chi connectivity index (χ3n) is 3.61. The summed E-state index contributed by atoms with van der Waals surface area (Å²) in [7, 11) is 1.91. The molecule has 0 atom stereocenters. The highest BCUT2D eigenvalue weighted by atomic mass is 32.1. The highest BCUT2D eigenvalue weighted by Gasteiger charge is 2.37. The van der Waals surface area contributed by atoms with Crippen LogP contribution in [0.2, 0.25) is 0 Å². The van der Waals surface area contributed by atoms with Gasteiger partial charge in [0, 0.05) is 5.69 Å². The molecule has 1 heterocycles. The van der Waals surface area contributed by atoms with Gasteiger partial charge in [0.2, 0.25) is 0 Å². The number of piperidine rings is 1. The minimum Gasteiger partial charge on any atom is -0.346 e. The Kier molecular flexibility index (Phi) is 7.65. The molecule has 2 rings (SSSR count). The molecule has 0 saturated carbocycles. The first-order valence-corrected chi connectivity index (χ1v) is 7.81. The minimum absolute atomic E-state index is 0.379. The summed E-state index contributed by atoms with van der Waals surface area (Å²) in [6, 6.07) is 10.1. The fraction of sp³-hybridized carbons (Fsp3) is 0.533. The second-order valence-electron chi connectivity index (χ2n) is 4.75. The van der Waals surface area contributed by atoms with Gasteiger partial charge in [0.05, 0.1) is 12.2 Å². The van der Waals surface area contributed by atoms with Crippen LogP contribution in [0.15, 0.2) is 30.3 Å². The highest BCUT2D eigenvalue weighted by Crippen LogP contribution is 2.29. The second-order valence-corrected chi connectivity index (χ2v) is 4.75. The van der Waals surface area contributed by atoms with Crippen molar-refractivity contribution in [2.24, 2.45) is 0 Å². The van der Waals surface area contributed by atoms with Gasteiger partial charge in [-0.2, -0.15) is 12.6 Å². The number of para-hydroxylation sites is 1. The molecule has 1 aliphatic rings. The average Bonchev–Trinajstić information content (AvgIpc) is 2.56. The predicted octanol–water partition coefficient (Wildman–Crippen LogP) is 1.54. The molecule has 0 aromatic heterocycles. The smallest absolute Gasteiger partial charge is 0.145 e. The summed E-state index contributed by atoms with van der Waals surface area (Å²) in [5.41, 5.74) is 0.719. The van der Waals surface area contributed by atoms with Crippen LogP contribution in [0.5, 0.6) is 0 Å². The van der Waals surface area contributed by atoms with Crippen molar-refractivity contribution < 1.29 is 4.79 Å². The number of carbonyl (C=O) groups excluding carboxylic acids is 1. The fourth-order valence-corrected chi connectivity index (χ4v) is 2.58. The normalized spacial score (nSPS) is 16.8. The van der Waals surface area contributed by atoms with E-state index in [1.165, 1.54) is 0 Å². The monoisotopic (exact) mass is 295 g/mol. The summed E-state index contributed by atoms with van der Waals surface area (Å²) >= 11 is 3.53. The number of anilines is 1. The zero-order chi connectivity index (χ0) is 14.8. The molecule has 4 nitrogen and oxygen atoms in total. The van der Waals surface area contributed by atoms with Crippen molar-refractivity contribution in [3.8, 4) is 0 Å². The van der Waals surface area contributed by atoms with E-state index in [4.69, 9.17) is 0 Å². The molecule has 0 amide bonds. The summed E-state index contributed by atoms with van der Waals surface area (Å²) in [6.45, 7) is 2.47. The van der Waals surface area contributed by atoms with Gasteiger partial charge in [-0.05, 0) is 51.4 Å². The van der Waals surface area contributed by atoms with Crippen molar-refractivity contribution in [2.75, 3.05) is 38.0 Å². The number of nitrogens with one attached hydrogen (secondary N) is 2. The first kappa shape index (κ1) is 17.0. The summed E-state index contributed by atoms with van der Waals surface area (Å²) in [6.07, 6.45) is 4.53. The van der Waals surface area contributed by atoms with Gasteiger partial charge in [-0.3, -0.25) is 0 Å². The number of nitrogens with zero attached hydrogens (tertiary/aromatic N) is 1. The van der Waals surface area contributed by atoms with Crippen LogP contribution in [0.3, 0.4) is 0 Å². The van der Waals surface area contributed by atoms with E-state index in [0.29, 0.717) is 6.67 Å². The van der Waals surface area contributed by atoms with Crippen LogP contribution >= 0.6 is 12.6 Å². The summed E-state index contributed by atoms with van der Waals surface area (Å²) in [5.74, 6) is 0. The predicted molar refractivity (Wildman–Crippen MR) is 88.7 cm³/mol. The van der Waals surface area contributed by atoms with E-state index >= 15 is 0 Å². The van der Waals surface area contributed by atoms with Gasteiger partial charge in [0.1, 0.15) is 6.29 Å². The van der Waals surface area contributed by atoms with Crippen molar-refractivity contribution >= 4 is 24.6 Å². The fourth-order valence-electron chi connectivity index (χ4n) is 2.58. The summed E-state index contributed by atoms with van der Waals surface area (Å²) in [4.78, 5) is 13.9. The van der Waals surface area contributed by atoms with Crippen LogP contribution in [0.25, 0.3) is 0 Å². The third kappa shape index (κ3) is 3.98. The number of aldehydes is 1. The van der Waals surface area contributed by atoms with Crippen LogP contribution < -0.4 is 15.5 Å². The van der Waals surface area contributed by atoms with Crippen molar-refractivity contribution in [1.29, 1.82) is 0 Å². The number of hydrogen-bond donors (Lipinski definition) is 3. The number of hydrogen-bond acceptors (Lipinski definition) is 5. The van der Waals surface area contributed by atoms with E-state index in [9.17, 15) is 4.79 Å². The molecule has 0 bridgehead atoms. The Labute approximate surface area is 127 Å². The topological polar surface area (TPSA) is 44.4 Å². The molecule has 1 aromatic rings. The number of benzene rings is 1.